The minimum Gasteiger partial charge on any atom is -0.461 e. The number of anilines is 1. The molecule has 0 spiro atoms. The van der Waals surface area contributed by atoms with Crippen molar-refractivity contribution < 1.29 is 9.53 Å². The molecule has 1 unspecified atom stereocenters. The number of carbonyl (C=O) groups excluding carboxylic acids is 1. The lowest BCUT2D eigenvalue weighted by atomic mass is 9.93. The number of esters is 1. The first kappa shape index (κ1) is 18.4. The van der Waals surface area contributed by atoms with Gasteiger partial charge in [0.1, 0.15) is 5.01 Å². The highest BCUT2D eigenvalue weighted by atomic mass is 32.1. The van der Waals surface area contributed by atoms with Crippen LogP contribution in [0.1, 0.15) is 67.8 Å². The van der Waals surface area contributed by atoms with Crippen molar-refractivity contribution in [1.82, 2.24) is 19.6 Å². The van der Waals surface area contributed by atoms with E-state index in [0.29, 0.717) is 12.3 Å². The third-order valence-electron chi connectivity index (χ3n) is 4.59. The first-order valence-corrected chi connectivity index (χ1v) is 10.8. The van der Waals surface area contributed by atoms with Crippen molar-refractivity contribution in [1.29, 1.82) is 0 Å². The maximum Gasteiger partial charge on any atom is 0.357 e. The topological polar surface area (TPSA) is 72.6 Å². The number of hydrogen-bond acceptors (Lipinski definition) is 8. The zero-order valence-corrected chi connectivity index (χ0v) is 17.6. The number of imidazole rings is 1. The van der Waals surface area contributed by atoms with Crippen LogP contribution in [-0.4, -0.2) is 38.7 Å². The molecule has 4 heterocycles. The van der Waals surface area contributed by atoms with Crippen molar-refractivity contribution in [2.75, 3.05) is 18.1 Å². The average molecular weight is 406 g/mol. The Morgan fingerprint density at radius 2 is 2.19 bits per heavy atom. The minimum absolute atomic E-state index is 0.00809. The Morgan fingerprint density at radius 3 is 2.89 bits per heavy atom. The highest BCUT2D eigenvalue weighted by Crippen LogP contribution is 2.39. The normalized spacial score (nSPS) is 17.8. The predicted octanol–water partition coefficient (Wildman–Crippen LogP) is 4.06. The Hall–Kier alpha value is -2.00. The average Bonchev–Trinajstić information content (AvgIpc) is 3.34. The van der Waals surface area contributed by atoms with E-state index in [-0.39, 0.29) is 17.4 Å². The van der Waals surface area contributed by atoms with Crippen LogP contribution in [0, 0.1) is 0 Å². The number of ether oxygens (including phenoxy) is 1. The molecule has 3 aromatic rings. The van der Waals surface area contributed by atoms with Gasteiger partial charge < -0.3 is 9.64 Å². The summed E-state index contributed by atoms with van der Waals surface area (Å²) < 4.78 is 6.93. The zero-order chi connectivity index (χ0) is 19.2. The molecule has 0 N–H and O–H groups in total. The van der Waals surface area contributed by atoms with Crippen LogP contribution in [0.4, 0.5) is 5.13 Å². The monoisotopic (exact) mass is 405 g/mol. The van der Waals surface area contributed by atoms with Crippen molar-refractivity contribution in [2.45, 2.75) is 52.0 Å². The van der Waals surface area contributed by atoms with E-state index in [1.807, 2.05) is 10.7 Å². The number of rotatable bonds is 4. The summed E-state index contributed by atoms with van der Waals surface area (Å²) in [5, 5.41) is 8.44. The standard InChI is InChI=1S/C18H23N5O2S2/c1-5-25-15(24)11-10-26-14(19-11)12-7-6-8-22(12)17-21-23-9-13(18(2,3)4)20-16(23)27-17/h9-10,12H,5-8H2,1-4H3. The molecule has 1 atom stereocenters. The molecule has 0 aromatic carbocycles. The molecule has 7 nitrogen and oxygen atoms in total. The molecule has 0 radical (unpaired) electrons. The Balaban J connectivity index is 1.59. The molecule has 0 amide bonds. The summed E-state index contributed by atoms with van der Waals surface area (Å²) in [5.74, 6) is -0.355. The Kier molecular flexibility index (Phi) is 4.67. The molecule has 1 aliphatic heterocycles. The Bertz CT molecular complexity index is 937. The molecule has 27 heavy (non-hydrogen) atoms. The van der Waals surface area contributed by atoms with Crippen LogP contribution in [0.2, 0.25) is 0 Å². The third kappa shape index (κ3) is 3.45. The Morgan fingerprint density at radius 1 is 1.37 bits per heavy atom. The lowest BCUT2D eigenvalue weighted by Crippen LogP contribution is -2.22. The molecular weight excluding hydrogens is 382 g/mol. The number of fused-ring (bicyclic) bond motifs is 1. The smallest absolute Gasteiger partial charge is 0.357 e. The van der Waals surface area contributed by atoms with E-state index in [9.17, 15) is 4.79 Å². The molecule has 0 aliphatic carbocycles. The lowest BCUT2D eigenvalue weighted by Gasteiger charge is -2.21. The van der Waals surface area contributed by atoms with Crippen LogP contribution in [0.3, 0.4) is 0 Å². The van der Waals surface area contributed by atoms with E-state index in [1.165, 1.54) is 11.3 Å². The van der Waals surface area contributed by atoms with E-state index in [0.717, 1.165) is 40.2 Å². The first-order chi connectivity index (χ1) is 12.9. The van der Waals surface area contributed by atoms with Crippen molar-refractivity contribution in [3.8, 4) is 0 Å². The Labute approximate surface area is 166 Å². The first-order valence-electron chi connectivity index (χ1n) is 9.12. The maximum absolute atomic E-state index is 11.9. The van der Waals surface area contributed by atoms with Gasteiger partial charge in [-0.15, -0.1) is 16.4 Å². The quantitative estimate of drug-likeness (QED) is 0.610. The number of hydrogen-bond donors (Lipinski definition) is 0. The predicted molar refractivity (Wildman–Crippen MR) is 107 cm³/mol. The highest BCUT2D eigenvalue weighted by molar-refractivity contribution is 7.20. The van der Waals surface area contributed by atoms with E-state index in [2.05, 4.69) is 30.7 Å². The minimum atomic E-state index is -0.355. The van der Waals surface area contributed by atoms with Crippen LogP contribution < -0.4 is 4.90 Å². The van der Waals surface area contributed by atoms with Gasteiger partial charge in [-0.05, 0) is 19.8 Å². The molecule has 144 valence electrons. The van der Waals surface area contributed by atoms with Gasteiger partial charge in [0.05, 0.1) is 24.5 Å². The van der Waals surface area contributed by atoms with E-state index in [4.69, 9.17) is 14.8 Å². The lowest BCUT2D eigenvalue weighted by molar-refractivity contribution is 0.0520. The van der Waals surface area contributed by atoms with Crippen molar-refractivity contribution >= 4 is 38.7 Å². The molecular formula is C18H23N5O2S2. The van der Waals surface area contributed by atoms with Gasteiger partial charge in [0.2, 0.25) is 10.1 Å². The molecule has 1 saturated heterocycles. The zero-order valence-electron chi connectivity index (χ0n) is 15.9. The van der Waals surface area contributed by atoms with Crippen LogP contribution in [0.5, 0.6) is 0 Å². The van der Waals surface area contributed by atoms with Gasteiger partial charge in [-0.2, -0.15) is 0 Å². The number of thiazole rings is 1. The number of carbonyl (C=O) groups is 1. The van der Waals surface area contributed by atoms with Crippen LogP contribution in [0.25, 0.3) is 4.96 Å². The summed E-state index contributed by atoms with van der Waals surface area (Å²) in [6, 6.07) is 0.149. The SMILES string of the molecule is CCOC(=O)c1csc(C2CCCN2c2nn3cc(C(C)(C)C)nc3s2)n1. The van der Waals surface area contributed by atoms with E-state index in [1.54, 1.807) is 23.6 Å². The molecule has 3 aromatic heterocycles. The van der Waals surface area contributed by atoms with Crippen LogP contribution in [-0.2, 0) is 10.2 Å². The second kappa shape index (κ2) is 6.87. The second-order valence-electron chi connectivity index (χ2n) is 7.63. The molecule has 0 saturated carbocycles. The molecule has 9 heteroatoms. The maximum atomic E-state index is 11.9. The molecule has 0 bridgehead atoms. The van der Waals surface area contributed by atoms with E-state index < -0.39 is 0 Å². The summed E-state index contributed by atoms with van der Waals surface area (Å²) >= 11 is 3.12. The number of aromatic nitrogens is 4. The van der Waals surface area contributed by atoms with Gasteiger partial charge in [-0.3, -0.25) is 0 Å². The molecule has 4 rings (SSSR count). The van der Waals surface area contributed by atoms with E-state index >= 15 is 0 Å². The summed E-state index contributed by atoms with van der Waals surface area (Å²) in [5.41, 5.74) is 1.45. The summed E-state index contributed by atoms with van der Waals surface area (Å²) in [6.07, 6.45) is 4.10. The van der Waals surface area contributed by atoms with Crippen molar-refractivity contribution in [3.05, 3.63) is 28.0 Å². The van der Waals surface area contributed by atoms with Gasteiger partial charge >= 0.3 is 5.97 Å². The largest absolute Gasteiger partial charge is 0.461 e. The van der Waals surface area contributed by atoms with Crippen LogP contribution in [0.15, 0.2) is 11.6 Å². The molecule has 1 fully saturated rings. The fourth-order valence-corrected chi connectivity index (χ4v) is 5.05. The van der Waals surface area contributed by atoms with Gasteiger partial charge in [0, 0.05) is 17.3 Å². The summed E-state index contributed by atoms with van der Waals surface area (Å²) in [6.45, 7) is 9.55. The van der Waals surface area contributed by atoms with Gasteiger partial charge in [0.15, 0.2) is 5.69 Å². The fourth-order valence-electron chi connectivity index (χ4n) is 3.16. The molecule has 1 aliphatic rings. The van der Waals surface area contributed by atoms with Gasteiger partial charge in [-0.1, -0.05) is 32.1 Å². The van der Waals surface area contributed by atoms with Crippen molar-refractivity contribution in [2.24, 2.45) is 0 Å². The summed E-state index contributed by atoms with van der Waals surface area (Å²) in [4.78, 5) is 24.4. The van der Waals surface area contributed by atoms with Crippen molar-refractivity contribution in [3.63, 3.8) is 0 Å². The number of nitrogens with zero attached hydrogens (tertiary/aromatic N) is 5. The van der Waals surface area contributed by atoms with Gasteiger partial charge in [-0.25, -0.2) is 19.3 Å². The fraction of sp³-hybridized carbons (Fsp3) is 0.556. The summed E-state index contributed by atoms with van der Waals surface area (Å²) in [7, 11) is 0. The third-order valence-corrected chi connectivity index (χ3v) is 6.50. The highest BCUT2D eigenvalue weighted by Gasteiger charge is 2.32. The van der Waals surface area contributed by atoms with Crippen LogP contribution >= 0.6 is 22.7 Å². The van der Waals surface area contributed by atoms with Gasteiger partial charge in [0.25, 0.3) is 0 Å². The second-order valence-corrected chi connectivity index (χ2v) is 9.45.